The van der Waals surface area contributed by atoms with Crippen molar-refractivity contribution in [2.75, 3.05) is 13.7 Å². The van der Waals surface area contributed by atoms with E-state index in [1.807, 2.05) is 30.3 Å². The lowest BCUT2D eigenvalue weighted by molar-refractivity contribution is -0.146. The van der Waals surface area contributed by atoms with Gasteiger partial charge in [-0.3, -0.25) is 9.59 Å². The number of carbonyl (C=O) groups is 2. The Hall–Kier alpha value is -2.69. The molecule has 0 N–H and O–H groups in total. The minimum Gasteiger partial charge on any atom is -0.469 e. The fraction of sp³-hybridized carbons (Fsp3) is 0.300. The lowest BCUT2D eigenvalue weighted by Crippen LogP contribution is -2.37. The molecule has 4 nitrogen and oxygen atoms in total. The van der Waals surface area contributed by atoms with Crippen LogP contribution in [0.3, 0.4) is 0 Å². The van der Waals surface area contributed by atoms with E-state index in [1.54, 1.807) is 24.0 Å². The van der Waals surface area contributed by atoms with Gasteiger partial charge in [0.1, 0.15) is 5.82 Å². The van der Waals surface area contributed by atoms with Gasteiger partial charge in [0.2, 0.25) is 5.91 Å². The standard InChI is InChI=1S/C20H22FNO3/c1-15(20(24)25-2)13-22(14-17-8-10-18(21)11-9-17)19(23)12-16-6-4-3-5-7-16/h3-11,15H,12-14H2,1-2H3. The number of methoxy groups -OCH3 is 1. The van der Waals surface area contributed by atoms with Gasteiger partial charge < -0.3 is 9.64 Å². The molecule has 0 aliphatic heterocycles. The Kier molecular flexibility index (Phi) is 6.69. The summed E-state index contributed by atoms with van der Waals surface area (Å²) in [6, 6.07) is 15.4. The van der Waals surface area contributed by atoms with Crippen LogP contribution in [-0.2, 0) is 27.3 Å². The van der Waals surface area contributed by atoms with Crippen LogP contribution in [-0.4, -0.2) is 30.4 Å². The van der Waals surface area contributed by atoms with Gasteiger partial charge in [-0.1, -0.05) is 49.4 Å². The summed E-state index contributed by atoms with van der Waals surface area (Å²) in [5, 5.41) is 0. The van der Waals surface area contributed by atoms with E-state index in [2.05, 4.69) is 0 Å². The van der Waals surface area contributed by atoms with E-state index in [0.29, 0.717) is 6.54 Å². The van der Waals surface area contributed by atoms with Crippen LogP contribution in [0.2, 0.25) is 0 Å². The monoisotopic (exact) mass is 343 g/mol. The number of hydrogen-bond donors (Lipinski definition) is 0. The molecule has 1 unspecified atom stereocenters. The molecular formula is C20H22FNO3. The van der Waals surface area contributed by atoms with Crippen LogP contribution in [0.1, 0.15) is 18.1 Å². The molecule has 0 spiro atoms. The molecule has 0 aromatic heterocycles. The van der Waals surface area contributed by atoms with Crippen LogP contribution >= 0.6 is 0 Å². The van der Waals surface area contributed by atoms with Crippen molar-refractivity contribution < 1.29 is 18.7 Å². The van der Waals surface area contributed by atoms with Crippen molar-refractivity contribution in [1.29, 1.82) is 0 Å². The van der Waals surface area contributed by atoms with Crippen molar-refractivity contribution in [2.45, 2.75) is 19.9 Å². The molecule has 0 saturated carbocycles. The van der Waals surface area contributed by atoms with Crippen molar-refractivity contribution in [1.82, 2.24) is 4.90 Å². The van der Waals surface area contributed by atoms with E-state index in [-0.39, 0.29) is 30.7 Å². The molecule has 0 saturated heterocycles. The van der Waals surface area contributed by atoms with Gasteiger partial charge in [0.15, 0.2) is 0 Å². The van der Waals surface area contributed by atoms with E-state index in [0.717, 1.165) is 11.1 Å². The molecule has 2 aromatic rings. The van der Waals surface area contributed by atoms with Crippen LogP contribution in [0, 0.1) is 11.7 Å². The number of rotatable bonds is 7. The van der Waals surface area contributed by atoms with Crippen molar-refractivity contribution in [3.8, 4) is 0 Å². The third-order valence-corrected chi connectivity index (χ3v) is 3.94. The predicted molar refractivity (Wildman–Crippen MR) is 93.1 cm³/mol. The molecule has 25 heavy (non-hydrogen) atoms. The van der Waals surface area contributed by atoms with Crippen molar-refractivity contribution in [3.63, 3.8) is 0 Å². The number of hydrogen-bond acceptors (Lipinski definition) is 3. The number of benzene rings is 2. The zero-order valence-corrected chi connectivity index (χ0v) is 14.4. The van der Waals surface area contributed by atoms with E-state index >= 15 is 0 Å². The van der Waals surface area contributed by atoms with Crippen molar-refractivity contribution in [2.24, 2.45) is 5.92 Å². The minimum absolute atomic E-state index is 0.0914. The van der Waals surface area contributed by atoms with Crippen LogP contribution in [0.5, 0.6) is 0 Å². The molecule has 0 heterocycles. The van der Waals surface area contributed by atoms with Crippen LogP contribution in [0.15, 0.2) is 54.6 Å². The second-order valence-electron chi connectivity index (χ2n) is 5.99. The fourth-order valence-corrected chi connectivity index (χ4v) is 2.55. The largest absolute Gasteiger partial charge is 0.469 e. The Morgan fingerprint density at radius 1 is 1.04 bits per heavy atom. The first-order valence-electron chi connectivity index (χ1n) is 8.13. The highest BCUT2D eigenvalue weighted by Gasteiger charge is 2.22. The van der Waals surface area contributed by atoms with E-state index in [9.17, 15) is 14.0 Å². The highest BCUT2D eigenvalue weighted by Crippen LogP contribution is 2.12. The molecule has 0 aliphatic rings. The zero-order chi connectivity index (χ0) is 18.2. The van der Waals surface area contributed by atoms with E-state index in [1.165, 1.54) is 19.2 Å². The molecule has 1 atom stereocenters. The summed E-state index contributed by atoms with van der Waals surface area (Å²) in [5.74, 6) is -1.22. The quantitative estimate of drug-likeness (QED) is 0.725. The Balaban J connectivity index is 2.13. The number of amides is 1. The second kappa shape index (κ2) is 8.97. The molecule has 0 fully saturated rings. The number of carbonyl (C=O) groups excluding carboxylic acids is 2. The molecule has 0 radical (unpaired) electrons. The molecule has 132 valence electrons. The van der Waals surface area contributed by atoms with Gasteiger partial charge in [0, 0.05) is 13.1 Å². The highest BCUT2D eigenvalue weighted by molar-refractivity contribution is 5.80. The van der Waals surface area contributed by atoms with Crippen LogP contribution < -0.4 is 0 Å². The van der Waals surface area contributed by atoms with Gasteiger partial charge in [-0.2, -0.15) is 0 Å². The molecule has 0 bridgehead atoms. The summed E-state index contributed by atoms with van der Waals surface area (Å²) >= 11 is 0. The molecule has 2 rings (SSSR count). The van der Waals surface area contributed by atoms with Gasteiger partial charge in [-0.05, 0) is 23.3 Å². The first-order valence-corrected chi connectivity index (χ1v) is 8.13. The molecule has 5 heteroatoms. The third-order valence-electron chi connectivity index (χ3n) is 3.94. The Labute approximate surface area is 147 Å². The van der Waals surface area contributed by atoms with Crippen molar-refractivity contribution >= 4 is 11.9 Å². The average molecular weight is 343 g/mol. The van der Waals surface area contributed by atoms with E-state index < -0.39 is 5.92 Å². The number of nitrogens with zero attached hydrogens (tertiary/aromatic N) is 1. The number of halogens is 1. The van der Waals surface area contributed by atoms with Gasteiger partial charge in [0.25, 0.3) is 0 Å². The van der Waals surface area contributed by atoms with Gasteiger partial charge in [-0.15, -0.1) is 0 Å². The highest BCUT2D eigenvalue weighted by atomic mass is 19.1. The summed E-state index contributed by atoms with van der Waals surface area (Å²) in [7, 11) is 1.33. The first-order chi connectivity index (χ1) is 12.0. The summed E-state index contributed by atoms with van der Waals surface area (Å²) in [6.45, 7) is 2.28. The van der Waals surface area contributed by atoms with E-state index in [4.69, 9.17) is 4.74 Å². The third kappa shape index (κ3) is 5.71. The average Bonchev–Trinajstić information content (AvgIpc) is 2.62. The summed E-state index contributed by atoms with van der Waals surface area (Å²) in [5.41, 5.74) is 1.71. The topological polar surface area (TPSA) is 46.6 Å². The minimum atomic E-state index is -0.440. The van der Waals surface area contributed by atoms with Crippen LogP contribution in [0.25, 0.3) is 0 Å². The summed E-state index contributed by atoms with van der Waals surface area (Å²) < 4.78 is 17.8. The van der Waals surface area contributed by atoms with Gasteiger partial charge in [-0.25, -0.2) is 4.39 Å². The number of esters is 1. The first kappa shape index (κ1) is 18.6. The molecular weight excluding hydrogens is 321 g/mol. The Morgan fingerprint density at radius 3 is 2.28 bits per heavy atom. The maximum absolute atomic E-state index is 13.1. The molecule has 0 aliphatic carbocycles. The van der Waals surface area contributed by atoms with Crippen LogP contribution in [0.4, 0.5) is 4.39 Å². The summed E-state index contributed by atoms with van der Waals surface area (Å²) in [6.07, 6.45) is 0.246. The predicted octanol–water partition coefficient (Wildman–Crippen LogP) is 3.21. The maximum atomic E-state index is 13.1. The molecule has 1 amide bonds. The SMILES string of the molecule is COC(=O)C(C)CN(Cc1ccc(F)cc1)C(=O)Cc1ccccc1. The van der Waals surface area contributed by atoms with Gasteiger partial charge in [0.05, 0.1) is 19.4 Å². The normalized spacial score (nSPS) is 11.6. The fourth-order valence-electron chi connectivity index (χ4n) is 2.55. The van der Waals surface area contributed by atoms with Gasteiger partial charge >= 0.3 is 5.97 Å². The smallest absolute Gasteiger partial charge is 0.310 e. The number of ether oxygens (including phenoxy) is 1. The second-order valence-corrected chi connectivity index (χ2v) is 5.99. The lowest BCUT2D eigenvalue weighted by atomic mass is 10.1. The summed E-state index contributed by atoms with van der Waals surface area (Å²) in [4.78, 5) is 26.1. The Bertz CT molecular complexity index is 701. The Morgan fingerprint density at radius 2 is 1.68 bits per heavy atom. The van der Waals surface area contributed by atoms with Crippen molar-refractivity contribution in [3.05, 3.63) is 71.5 Å². The maximum Gasteiger partial charge on any atom is 0.310 e. The molecule has 2 aromatic carbocycles. The lowest BCUT2D eigenvalue weighted by Gasteiger charge is -2.25. The zero-order valence-electron chi connectivity index (χ0n) is 14.4.